The van der Waals surface area contributed by atoms with Gasteiger partial charge in [-0.05, 0) is 6.07 Å². The summed E-state index contributed by atoms with van der Waals surface area (Å²) in [4.78, 5) is 15.6. The van der Waals surface area contributed by atoms with Crippen molar-refractivity contribution >= 4 is 22.4 Å². The van der Waals surface area contributed by atoms with Crippen LogP contribution in [0.5, 0.6) is 0 Å². The minimum absolute atomic E-state index is 0.0533. The van der Waals surface area contributed by atoms with Gasteiger partial charge in [-0.15, -0.1) is 11.3 Å². The van der Waals surface area contributed by atoms with Gasteiger partial charge in [0.15, 0.2) is 5.13 Å². The van der Waals surface area contributed by atoms with Gasteiger partial charge in [0.2, 0.25) is 5.91 Å². The van der Waals surface area contributed by atoms with Gasteiger partial charge >= 0.3 is 0 Å². The number of carbonyl (C=O) groups excluding carboxylic acids is 1. The first-order chi connectivity index (χ1) is 8.24. The minimum atomic E-state index is -0.0533. The molecule has 6 nitrogen and oxygen atoms in total. The van der Waals surface area contributed by atoms with Crippen molar-refractivity contribution in [1.82, 2.24) is 20.1 Å². The van der Waals surface area contributed by atoms with Crippen molar-refractivity contribution in [3.8, 4) is 0 Å². The van der Waals surface area contributed by atoms with E-state index in [9.17, 15) is 4.79 Å². The lowest BCUT2D eigenvalue weighted by atomic mass is 10.3. The van der Waals surface area contributed by atoms with Gasteiger partial charge < -0.3 is 11.1 Å². The highest BCUT2D eigenvalue weighted by Crippen LogP contribution is 2.10. The Morgan fingerprint density at radius 3 is 3.12 bits per heavy atom. The molecule has 3 N–H and O–H groups in total. The molecule has 0 saturated heterocycles. The number of aromatic nitrogens is 3. The number of carbonyl (C=O) groups is 1. The van der Waals surface area contributed by atoms with E-state index >= 15 is 0 Å². The molecular formula is C10H13N5OS. The van der Waals surface area contributed by atoms with Gasteiger partial charge in [0, 0.05) is 24.3 Å². The van der Waals surface area contributed by atoms with Crippen LogP contribution in [0.2, 0.25) is 0 Å². The first kappa shape index (κ1) is 11.6. The average molecular weight is 251 g/mol. The summed E-state index contributed by atoms with van der Waals surface area (Å²) in [5.41, 5.74) is 6.19. The Morgan fingerprint density at radius 2 is 2.47 bits per heavy atom. The van der Waals surface area contributed by atoms with Crippen LogP contribution in [0.4, 0.5) is 5.13 Å². The van der Waals surface area contributed by atoms with E-state index in [1.165, 1.54) is 11.3 Å². The van der Waals surface area contributed by atoms with Crippen molar-refractivity contribution in [2.24, 2.45) is 0 Å². The molecule has 0 fully saturated rings. The molecule has 2 aromatic heterocycles. The molecule has 0 spiro atoms. The molecule has 0 aliphatic rings. The standard InChI is InChI=1S/C10H13N5OS/c11-10-14-8(7-17-10)6-9(16)12-3-5-15-4-1-2-13-15/h1-2,4,7H,3,5-6H2,(H2,11,14)(H,12,16). The number of anilines is 1. The summed E-state index contributed by atoms with van der Waals surface area (Å²) >= 11 is 1.34. The highest BCUT2D eigenvalue weighted by atomic mass is 32.1. The molecule has 0 saturated carbocycles. The maximum absolute atomic E-state index is 11.5. The molecule has 0 aliphatic heterocycles. The second-order valence-corrected chi connectivity index (χ2v) is 4.36. The highest BCUT2D eigenvalue weighted by molar-refractivity contribution is 7.13. The molecule has 0 bridgehead atoms. The van der Waals surface area contributed by atoms with Gasteiger partial charge in [0.05, 0.1) is 18.7 Å². The lowest BCUT2D eigenvalue weighted by molar-refractivity contribution is -0.120. The van der Waals surface area contributed by atoms with Crippen molar-refractivity contribution in [2.45, 2.75) is 13.0 Å². The molecule has 0 aliphatic carbocycles. The summed E-state index contributed by atoms with van der Waals surface area (Å²) in [6, 6.07) is 1.85. The number of rotatable bonds is 5. The highest BCUT2D eigenvalue weighted by Gasteiger charge is 2.05. The second kappa shape index (κ2) is 5.44. The first-order valence-electron chi connectivity index (χ1n) is 5.18. The predicted molar refractivity (Wildman–Crippen MR) is 65.5 cm³/mol. The van der Waals surface area contributed by atoms with Crippen molar-refractivity contribution in [3.63, 3.8) is 0 Å². The van der Waals surface area contributed by atoms with Crippen LogP contribution >= 0.6 is 11.3 Å². The molecule has 90 valence electrons. The van der Waals surface area contributed by atoms with Crippen LogP contribution in [0.15, 0.2) is 23.8 Å². The number of nitrogens with one attached hydrogen (secondary N) is 1. The summed E-state index contributed by atoms with van der Waals surface area (Å²) in [5, 5.41) is 9.13. The zero-order valence-corrected chi connectivity index (χ0v) is 9.98. The molecule has 0 radical (unpaired) electrons. The fourth-order valence-corrected chi connectivity index (χ4v) is 1.94. The van der Waals surface area contributed by atoms with E-state index < -0.39 is 0 Å². The van der Waals surface area contributed by atoms with Crippen LogP contribution < -0.4 is 11.1 Å². The zero-order chi connectivity index (χ0) is 12.1. The van der Waals surface area contributed by atoms with Crippen LogP contribution in [0.3, 0.4) is 0 Å². The number of hydrogen-bond donors (Lipinski definition) is 2. The number of thiazole rings is 1. The lowest BCUT2D eigenvalue weighted by Gasteiger charge is -2.04. The Bertz CT molecular complexity index is 479. The third kappa shape index (κ3) is 3.56. The predicted octanol–water partition coefficient (Wildman–Crippen LogP) is 0.281. The first-order valence-corrected chi connectivity index (χ1v) is 6.06. The number of amides is 1. The van der Waals surface area contributed by atoms with Crippen LogP contribution in [-0.4, -0.2) is 27.2 Å². The van der Waals surface area contributed by atoms with E-state index in [4.69, 9.17) is 5.73 Å². The van der Waals surface area contributed by atoms with E-state index in [1.807, 2.05) is 12.3 Å². The molecule has 0 aromatic carbocycles. The Hall–Kier alpha value is -1.89. The fraction of sp³-hybridized carbons (Fsp3) is 0.300. The molecule has 0 unspecified atom stereocenters. The van der Waals surface area contributed by atoms with Crippen LogP contribution in [0.1, 0.15) is 5.69 Å². The molecule has 2 rings (SSSR count). The Balaban J connectivity index is 1.71. The minimum Gasteiger partial charge on any atom is -0.375 e. The zero-order valence-electron chi connectivity index (χ0n) is 9.17. The van der Waals surface area contributed by atoms with E-state index in [0.717, 1.165) is 0 Å². The van der Waals surface area contributed by atoms with Gasteiger partial charge in [-0.2, -0.15) is 5.10 Å². The average Bonchev–Trinajstić information content (AvgIpc) is 2.90. The van der Waals surface area contributed by atoms with Crippen molar-refractivity contribution in [2.75, 3.05) is 12.3 Å². The van der Waals surface area contributed by atoms with Gasteiger partial charge in [-0.3, -0.25) is 9.48 Å². The van der Waals surface area contributed by atoms with Crippen LogP contribution in [0.25, 0.3) is 0 Å². The normalized spacial score (nSPS) is 10.4. The fourth-order valence-electron chi connectivity index (χ4n) is 1.37. The SMILES string of the molecule is Nc1nc(CC(=O)NCCn2cccn2)cs1. The van der Waals surface area contributed by atoms with E-state index in [0.29, 0.717) is 23.9 Å². The summed E-state index contributed by atoms with van der Waals surface area (Å²) in [5.74, 6) is -0.0533. The maximum Gasteiger partial charge on any atom is 0.226 e. The monoisotopic (exact) mass is 251 g/mol. The number of nitrogens with zero attached hydrogens (tertiary/aromatic N) is 3. The van der Waals surface area contributed by atoms with Crippen molar-refractivity contribution < 1.29 is 4.79 Å². The van der Waals surface area contributed by atoms with Crippen molar-refractivity contribution in [3.05, 3.63) is 29.5 Å². The van der Waals surface area contributed by atoms with Crippen LogP contribution in [-0.2, 0) is 17.8 Å². The lowest BCUT2D eigenvalue weighted by Crippen LogP contribution is -2.28. The molecule has 1 amide bonds. The number of hydrogen-bond acceptors (Lipinski definition) is 5. The summed E-state index contributed by atoms with van der Waals surface area (Å²) in [7, 11) is 0. The maximum atomic E-state index is 11.5. The molecule has 2 heterocycles. The van der Waals surface area contributed by atoms with Gasteiger partial charge in [0.1, 0.15) is 0 Å². The quantitative estimate of drug-likeness (QED) is 0.799. The van der Waals surface area contributed by atoms with E-state index in [2.05, 4.69) is 15.4 Å². The second-order valence-electron chi connectivity index (χ2n) is 3.47. The Kier molecular flexibility index (Phi) is 3.71. The molecular weight excluding hydrogens is 238 g/mol. The third-order valence-electron chi connectivity index (χ3n) is 2.13. The molecule has 2 aromatic rings. The Labute approximate surface area is 102 Å². The summed E-state index contributed by atoms with van der Waals surface area (Å²) in [6.07, 6.45) is 3.83. The third-order valence-corrected chi connectivity index (χ3v) is 2.86. The molecule has 17 heavy (non-hydrogen) atoms. The topological polar surface area (TPSA) is 85.8 Å². The summed E-state index contributed by atoms with van der Waals surface area (Å²) < 4.78 is 1.76. The van der Waals surface area contributed by atoms with Gasteiger partial charge in [-0.1, -0.05) is 0 Å². The number of nitrogen functional groups attached to an aromatic ring is 1. The smallest absolute Gasteiger partial charge is 0.226 e. The van der Waals surface area contributed by atoms with E-state index in [1.54, 1.807) is 16.3 Å². The van der Waals surface area contributed by atoms with Crippen LogP contribution in [0, 0.1) is 0 Å². The Morgan fingerprint density at radius 1 is 1.59 bits per heavy atom. The summed E-state index contributed by atoms with van der Waals surface area (Å²) in [6.45, 7) is 1.22. The molecule has 7 heteroatoms. The van der Waals surface area contributed by atoms with E-state index in [-0.39, 0.29) is 12.3 Å². The van der Waals surface area contributed by atoms with Crippen molar-refractivity contribution in [1.29, 1.82) is 0 Å². The van der Waals surface area contributed by atoms with Gasteiger partial charge in [0.25, 0.3) is 0 Å². The molecule has 0 atom stereocenters. The van der Waals surface area contributed by atoms with Gasteiger partial charge in [-0.25, -0.2) is 4.98 Å². The largest absolute Gasteiger partial charge is 0.375 e. The number of nitrogens with two attached hydrogens (primary N) is 1.